The molecule has 1 N–H and O–H groups in total. The van der Waals surface area contributed by atoms with E-state index in [1.54, 1.807) is 20.9 Å². The van der Waals surface area contributed by atoms with Crippen LogP contribution in [0.5, 0.6) is 0 Å². The zero-order valence-electron chi connectivity index (χ0n) is 10.4. The molecule has 1 amide bonds. The molecular weight excluding hydrogens is 221 g/mol. The van der Waals surface area contributed by atoms with Crippen molar-refractivity contribution in [3.05, 3.63) is 35.1 Å². The van der Waals surface area contributed by atoms with Gasteiger partial charge in [0, 0.05) is 19.2 Å². The van der Waals surface area contributed by atoms with Crippen LogP contribution >= 0.6 is 0 Å². The molecule has 0 aliphatic heterocycles. The van der Waals surface area contributed by atoms with Gasteiger partial charge in [-0.15, -0.1) is 0 Å². The van der Waals surface area contributed by atoms with Gasteiger partial charge in [0.25, 0.3) is 5.91 Å². The summed E-state index contributed by atoms with van der Waals surface area (Å²) in [7, 11) is 1.67. The van der Waals surface area contributed by atoms with E-state index in [-0.39, 0.29) is 11.7 Å². The average Bonchev–Trinajstić information content (AvgIpc) is 2.28. The molecule has 0 aliphatic carbocycles. The molecule has 0 spiro atoms. The first-order valence-corrected chi connectivity index (χ1v) is 5.61. The lowest BCUT2D eigenvalue weighted by atomic mass is 10.1. The van der Waals surface area contributed by atoms with E-state index in [2.05, 4.69) is 0 Å². The Bertz CT molecular complexity index is 404. The number of halogens is 1. The normalized spacial score (nSPS) is 12.3. The van der Waals surface area contributed by atoms with Crippen LogP contribution in [0.3, 0.4) is 0 Å². The third-order valence-corrected chi connectivity index (χ3v) is 2.63. The molecular formula is C13H18FNO2. The summed E-state index contributed by atoms with van der Waals surface area (Å²) in [4.78, 5) is 13.5. The molecule has 0 aliphatic rings. The number of hydrogen-bond donors (Lipinski definition) is 1. The van der Waals surface area contributed by atoms with Gasteiger partial charge in [0.2, 0.25) is 0 Å². The summed E-state index contributed by atoms with van der Waals surface area (Å²) >= 11 is 0. The minimum absolute atomic E-state index is 0.159. The number of amides is 1. The van der Waals surface area contributed by atoms with Gasteiger partial charge in [-0.3, -0.25) is 4.79 Å². The van der Waals surface area contributed by atoms with E-state index in [4.69, 9.17) is 5.11 Å². The van der Waals surface area contributed by atoms with Crippen molar-refractivity contribution < 1.29 is 14.3 Å². The Kier molecular flexibility index (Phi) is 4.63. The Balaban J connectivity index is 2.71. The molecule has 17 heavy (non-hydrogen) atoms. The van der Waals surface area contributed by atoms with Crippen molar-refractivity contribution in [2.75, 3.05) is 13.6 Å². The van der Waals surface area contributed by atoms with E-state index in [0.29, 0.717) is 24.1 Å². The number of rotatable bonds is 4. The fraction of sp³-hybridized carbons (Fsp3) is 0.462. The molecule has 1 unspecified atom stereocenters. The number of aryl methyl sites for hydroxylation is 1. The second-order valence-electron chi connectivity index (χ2n) is 4.33. The van der Waals surface area contributed by atoms with Gasteiger partial charge in [-0.1, -0.05) is 0 Å². The van der Waals surface area contributed by atoms with Crippen LogP contribution < -0.4 is 0 Å². The number of aliphatic hydroxyl groups is 1. The van der Waals surface area contributed by atoms with Gasteiger partial charge in [0.05, 0.1) is 6.10 Å². The average molecular weight is 239 g/mol. The van der Waals surface area contributed by atoms with Crippen LogP contribution in [0.2, 0.25) is 0 Å². The molecule has 1 aromatic carbocycles. The smallest absolute Gasteiger partial charge is 0.253 e. The van der Waals surface area contributed by atoms with Crippen molar-refractivity contribution in [2.24, 2.45) is 0 Å². The van der Waals surface area contributed by atoms with E-state index >= 15 is 0 Å². The second kappa shape index (κ2) is 5.77. The molecule has 94 valence electrons. The van der Waals surface area contributed by atoms with Gasteiger partial charge in [-0.05, 0) is 44.0 Å². The first-order valence-electron chi connectivity index (χ1n) is 5.61. The monoisotopic (exact) mass is 239 g/mol. The number of benzene rings is 1. The Labute approximate surface area is 101 Å². The zero-order chi connectivity index (χ0) is 13.0. The molecule has 0 heterocycles. The highest BCUT2D eigenvalue weighted by Gasteiger charge is 2.13. The minimum atomic E-state index is -0.430. The van der Waals surface area contributed by atoms with E-state index in [9.17, 15) is 9.18 Å². The van der Waals surface area contributed by atoms with Crippen LogP contribution in [0, 0.1) is 12.7 Å². The number of nitrogens with zero attached hydrogens (tertiary/aromatic N) is 1. The lowest BCUT2D eigenvalue weighted by molar-refractivity contribution is 0.0769. The van der Waals surface area contributed by atoms with E-state index in [1.807, 2.05) is 0 Å². The summed E-state index contributed by atoms with van der Waals surface area (Å²) in [5.74, 6) is -0.470. The Morgan fingerprint density at radius 3 is 2.71 bits per heavy atom. The number of carbonyl (C=O) groups is 1. The Morgan fingerprint density at radius 1 is 1.53 bits per heavy atom. The van der Waals surface area contributed by atoms with Crippen LogP contribution in [-0.2, 0) is 0 Å². The molecule has 1 aromatic rings. The first kappa shape index (κ1) is 13.6. The minimum Gasteiger partial charge on any atom is -0.393 e. The van der Waals surface area contributed by atoms with Crippen molar-refractivity contribution in [1.82, 2.24) is 4.90 Å². The summed E-state index contributed by atoms with van der Waals surface area (Å²) in [5.41, 5.74) is 0.928. The van der Waals surface area contributed by atoms with Crippen LogP contribution in [0.15, 0.2) is 18.2 Å². The highest BCUT2D eigenvalue weighted by Crippen LogP contribution is 2.11. The second-order valence-corrected chi connectivity index (χ2v) is 4.33. The molecule has 0 aromatic heterocycles. The maximum absolute atomic E-state index is 13.1. The van der Waals surface area contributed by atoms with Gasteiger partial charge in [-0.2, -0.15) is 0 Å². The third kappa shape index (κ3) is 3.82. The van der Waals surface area contributed by atoms with Crippen LogP contribution in [-0.4, -0.2) is 35.6 Å². The van der Waals surface area contributed by atoms with Gasteiger partial charge in [0.1, 0.15) is 5.82 Å². The number of hydrogen-bond acceptors (Lipinski definition) is 2. The van der Waals surface area contributed by atoms with Crippen molar-refractivity contribution in [2.45, 2.75) is 26.4 Å². The molecule has 4 heteroatoms. The van der Waals surface area contributed by atoms with Crippen molar-refractivity contribution in [3.63, 3.8) is 0 Å². The molecule has 0 bridgehead atoms. The van der Waals surface area contributed by atoms with Crippen molar-refractivity contribution in [1.29, 1.82) is 0 Å². The summed E-state index contributed by atoms with van der Waals surface area (Å²) < 4.78 is 13.1. The predicted octanol–water partition coefficient (Wildman–Crippen LogP) is 1.98. The van der Waals surface area contributed by atoms with Crippen LogP contribution in [0.1, 0.15) is 29.3 Å². The molecule has 0 radical (unpaired) electrons. The molecule has 0 saturated heterocycles. The van der Waals surface area contributed by atoms with Gasteiger partial charge >= 0.3 is 0 Å². The van der Waals surface area contributed by atoms with E-state index in [0.717, 1.165) is 0 Å². The van der Waals surface area contributed by atoms with Crippen molar-refractivity contribution >= 4 is 5.91 Å². The summed E-state index contributed by atoms with van der Waals surface area (Å²) in [6.45, 7) is 3.79. The van der Waals surface area contributed by atoms with Crippen LogP contribution in [0.25, 0.3) is 0 Å². The van der Waals surface area contributed by atoms with Gasteiger partial charge in [0.15, 0.2) is 0 Å². The maximum Gasteiger partial charge on any atom is 0.253 e. The summed E-state index contributed by atoms with van der Waals surface area (Å²) in [5, 5.41) is 9.15. The Hall–Kier alpha value is -1.42. The lowest BCUT2D eigenvalue weighted by Gasteiger charge is -2.18. The molecule has 0 fully saturated rings. The predicted molar refractivity (Wildman–Crippen MR) is 64.4 cm³/mol. The standard InChI is InChI=1S/C13H18FNO2/c1-9-8-11(4-5-12(9)14)13(17)15(3)7-6-10(2)16/h4-5,8,10,16H,6-7H2,1-3H3. The molecule has 0 saturated carbocycles. The largest absolute Gasteiger partial charge is 0.393 e. The first-order chi connectivity index (χ1) is 7.91. The SMILES string of the molecule is Cc1cc(C(=O)N(C)CCC(C)O)ccc1F. The summed E-state index contributed by atoms with van der Waals surface area (Å²) in [6.07, 6.45) is 0.0998. The quantitative estimate of drug-likeness (QED) is 0.872. The van der Waals surface area contributed by atoms with E-state index < -0.39 is 6.10 Å². The Morgan fingerprint density at radius 2 is 2.18 bits per heavy atom. The third-order valence-electron chi connectivity index (χ3n) is 2.63. The highest BCUT2D eigenvalue weighted by atomic mass is 19.1. The fourth-order valence-electron chi connectivity index (χ4n) is 1.48. The maximum atomic E-state index is 13.1. The summed E-state index contributed by atoms with van der Waals surface area (Å²) in [6, 6.07) is 4.31. The lowest BCUT2D eigenvalue weighted by Crippen LogP contribution is -2.29. The number of aliphatic hydroxyl groups excluding tert-OH is 1. The van der Waals surface area contributed by atoms with Crippen LogP contribution in [0.4, 0.5) is 4.39 Å². The van der Waals surface area contributed by atoms with Crippen molar-refractivity contribution in [3.8, 4) is 0 Å². The van der Waals surface area contributed by atoms with E-state index in [1.165, 1.54) is 23.1 Å². The topological polar surface area (TPSA) is 40.5 Å². The molecule has 1 atom stereocenters. The van der Waals surface area contributed by atoms with Gasteiger partial charge in [-0.25, -0.2) is 4.39 Å². The fourth-order valence-corrected chi connectivity index (χ4v) is 1.48. The molecule has 1 rings (SSSR count). The van der Waals surface area contributed by atoms with Gasteiger partial charge < -0.3 is 10.0 Å². The molecule has 3 nitrogen and oxygen atoms in total. The highest BCUT2D eigenvalue weighted by molar-refractivity contribution is 5.94. The zero-order valence-corrected chi connectivity index (χ0v) is 10.4. The number of carbonyl (C=O) groups excluding carboxylic acids is 1.